The van der Waals surface area contributed by atoms with Crippen LogP contribution in [0.3, 0.4) is 0 Å². The third-order valence-electron chi connectivity index (χ3n) is 6.18. The number of carbonyl (C=O) groups excluding carboxylic acids is 4. The van der Waals surface area contributed by atoms with E-state index in [1.54, 1.807) is 30.3 Å². The van der Waals surface area contributed by atoms with E-state index >= 15 is 0 Å². The number of aliphatic carboxylic acids is 1. The normalized spacial score (nSPS) is 13.9. The predicted molar refractivity (Wildman–Crippen MR) is 150 cm³/mol. The molecule has 0 saturated carbocycles. The second kappa shape index (κ2) is 16.0. The summed E-state index contributed by atoms with van der Waals surface area (Å²) >= 11 is 0. The van der Waals surface area contributed by atoms with Crippen LogP contribution >= 0.6 is 0 Å². The first kappa shape index (κ1) is 32.0. The Kier molecular flexibility index (Phi) is 12.8. The Morgan fingerprint density at radius 1 is 0.725 bits per heavy atom. The van der Waals surface area contributed by atoms with Crippen molar-refractivity contribution in [3.05, 3.63) is 71.8 Å². The fourth-order valence-corrected chi connectivity index (χ4v) is 4.09. The van der Waals surface area contributed by atoms with E-state index in [-0.39, 0.29) is 38.0 Å². The van der Waals surface area contributed by atoms with Gasteiger partial charge in [0.05, 0.1) is 6.04 Å². The van der Waals surface area contributed by atoms with Gasteiger partial charge in [-0.05, 0) is 36.3 Å². The van der Waals surface area contributed by atoms with Gasteiger partial charge in [0.1, 0.15) is 18.1 Å². The lowest BCUT2D eigenvalue weighted by molar-refractivity contribution is -0.142. The maximum absolute atomic E-state index is 13.3. The molecular weight excluding hydrogens is 514 g/mol. The van der Waals surface area contributed by atoms with E-state index < -0.39 is 53.8 Å². The summed E-state index contributed by atoms with van der Waals surface area (Å²) in [7, 11) is 0. The van der Waals surface area contributed by atoms with E-state index in [2.05, 4.69) is 16.0 Å². The molecule has 11 nitrogen and oxygen atoms in total. The smallest absolute Gasteiger partial charge is 0.326 e. The Morgan fingerprint density at radius 2 is 1.20 bits per heavy atom. The summed E-state index contributed by atoms with van der Waals surface area (Å²) in [6, 6.07) is 13.5. The van der Waals surface area contributed by atoms with Gasteiger partial charge in [0.15, 0.2) is 0 Å². The van der Waals surface area contributed by atoms with Crippen LogP contribution in [0.5, 0.6) is 0 Å². The molecule has 2 aromatic rings. The zero-order valence-corrected chi connectivity index (χ0v) is 22.8. The van der Waals surface area contributed by atoms with Crippen LogP contribution in [-0.4, -0.2) is 58.9 Å². The van der Waals surface area contributed by atoms with E-state index in [0.29, 0.717) is 5.56 Å². The van der Waals surface area contributed by atoms with E-state index in [1.807, 2.05) is 44.2 Å². The summed E-state index contributed by atoms with van der Waals surface area (Å²) in [4.78, 5) is 62.6. The summed E-state index contributed by atoms with van der Waals surface area (Å²) in [5, 5.41) is 17.4. The van der Waals surface area contributed by atoms with Gasteiger partial charge in [0.2, 0.25) is 23.6 Å². The lowest BCUT2D eigenvalue weighted by atomic mass is 10.0. The second-order valence-corrected chi connectivity index (χ2v) is 10.1. The minimum absolute atomic E-state index is 0.00144. The highest BCUT2D eigenvalue weighted by Crippen LogP contribution is 2.10. The van der Waals surface area contributed by atoms with Gasteiger partial charge in [0, 0.05) is 12.8 Å². The van der Waals surface area contributed by atoms with Gasteiger partial charge in [-0.25, -0.2) is 4.79 Å². The van der Waals surface area contributed by atoms with E-state index in [0.717, 1.165) is 5.56 Å². The van der Waals surface area contributed by atoms with Gasteiger partial charge in [-0.15, -0.1) is 0 Å². The second-order valence-electron chi connectivity index (χ2n) is 10.1. The number of carboxylic acids is 1. The zero-order valence-electron chi connectivity index (χ0n) is 22.8. The van der Waals surface area contributed by atoms with Crippen molar-refractivity contribution in [1.29, 1.82) is 0 Å². The maximum atomic E-state index is 13.3. The average molecular weight is 554 g/mol. The minimum atomic E-state index is -1.27. The number of hydrogen-bond acceptors (Lipinski definition) is 6. The largest absolute Gasteiger partial charge is 0.480 e. The number of amides is 4. The molecule has 0 saturated heterocycles. The fourth-order valence-electron chi connectivity index (χ4n) is 4.09. The van der Waals surface area contributed by atoms with Gasteiger partial charge < -0.3 is 32.5 Å². The predicted octanol–water partition coefficient (Wildman–Crippen LogP) is 0.650. The first-order chi connectivity index (χ1) is 19.0. The maximum Gasteiger partial charge on any atom is 0.326 e. The number of nitrogens with one attached hydrogen (secondary N) is 3. The molecule has 0 aromatic heterocycles. The molecule has 0 fully saturated rings. The third-order valence-corrected chi connectivity index (χ3v) is 6.18. The van der Waals surface area contributed by atoms with Crippen LogP contribution in [0, 0.1) is 5.92 Å². The molecule has 216 valence electrons. The van der Waals surface area contributed by atoms with Crippen LogP contribution in [0.15, 0.2) is 60.7 Å². The molecule has 0 aliphatic rings. The lowest BCUT2D eigenvalue weighted by Crippen LogP contribution is -2.57. The average Bonchev–Trinajstić information content (AvgIpc) is 2.90. The molecule has 2 aromatic carbocycles. The highest BCUT2D eigenvalue weighted by molar-refractivity contribution is 5.94. The quantitative estimate of drug-likeness (QED) is 0.176. The Labute approximate surface area is 234 Å². The number of benzene rings is 2. The lowest BCUT2D eigenvalue weighted by Gasteiger charge is -2.26. The van der Waals surface area contributed by atoms with E-state index in [4.69, 9.17) is 11.5 Å². The van der Waals surface area contributed by atoms with Crippen molar-refractivity contribution in [2.24, 2.45) is 17.4 Å². The van der Waals surface area contributed by atoms with Crippen molar-refractivity contribution >= 4 is 29.6 Å². The number of carbonyl (C=O) groups is 5. The van der Waals surface area contributed by atoms with Crippen molar-refractivity contribution in [2.75, 3.05) is 0 Å². The Bertz CT molecular complexity index is 1140. The topological polar surface area (TPSA) is 194 Å². The molecule has 0 spiro atoms. The van der Waals surface area contributed by atoms with Gasteiger partial charge in [-0.1, -0.05) is 74.5 Å². The number of carboxylic acid groups (broad SMARTS) is 1. The SMILES string of the molecule is CC(C)CC(NC(=O)C(N)Cc1ccccc1)C(=O)NC(CCC(N)=O)C(=O)NC(Cc1ccccc1)C(=O)O. The van der Waals surface area contributed by atoms with Crippen LogP contribution < -0.4 is 27.4 Å². The number of rotatable bonds is 16. The molecule has 0 heterocycles. The molecule has 0 radical (unpaired) electrons. The van der Waals surface area contributed by atoms with Gasteiger partial charge in [-0.3, -0.25) is 19.2 Å². The van der Waals surface area contributed by atoms with Gasteiger partial charge >= 0.3 is 5.97 Å². The summed E-state index contributed by atoms with van der Waals surface area (Å²) in [6.07, 6.45) is 0.165. The molecule has 8 N–H and O–H groups in total. The van der Waals surface area contributed by atoms with E-state index in [1.165, 1.54) is 0 Å². The van der Waals surface area contributed by atoms with Crippen LogP contribution in [0.4, 0.5) is 0 Å². The summed E-state index contributed by atoms with van der Waals surface area (Å²) < 4.78 is 0. The standard InChI is InChI=1S/C29H39N5O6/c1-18(2)15-23(33-26(36)21(30)16-19-9-5-3-6-10-19)28(38)32-22(13-14-25(31)35)27(37)34-24(29(39)40)17-20-11-7-4-8-12-20/h3-12,18,21-24H,13-17,30H2,1-2H3,(H2,31,35)(H,32,38)(H,33,36)(H,34,37)(H,39,40). The first-order valence-electron chi connectivity index (χ1n) is 13.2. The van der Waals surface area contributed by atoms with Crippen molar-refractivity contribution < 1.29 is 29.1 Å². The van der Waals surface area contributed by atoms with Crippen LogP contribution in [0.1, 0.15) is 44.2 Å². The van der Waals surface area contributed by atoms with Crippen LogP contribution in [0.25, 0.3) is 0 Å². The molecule has 0 bridgehead atoms. The third kappa shape index (κ3) is 11.2. The molecular formula is C29H39N5O6. The van der Waals surface area contributed by atoms with Crippen molar-refractivity contribution in [2.45, 2.75) is 70.1 Å². The molecule has 4 atom stereocenters. The Morgan fingerprint density at radius 3 is 1.70 bits per heavy atom. The summed E-state index contributed by atoms with van der Waals surface area (Å²) in [5.74, 6) is -3.92. The zero-order chi connectivity index (χ0) is 29.7. The molecule has 4 unspecified atom stereocenters. The highest BCUT2D eigenvalue weighted by Gasteiger charge is 2.31. The molecule has 0 aliphatic carbocycles. The molecule has 11 heteroatoms. The fraction of sp³-hybridized carbons (Fsp3) is 0.414. The molecule has 0 aliphatic heterocycles. The Balaban J connectivity index is 2.14. The van der Waals surface area contributed by atoms with Crippen molar-refractivity contribution in [1.82, 2.24) is 16.0 Å². The van der Waals surface area contributed by atoms with Crippen molar-refractivity contribution in [3.63, 3.8) is 0 Å². The van der Waals surface area contributed by atoms with Gasteiger partial charge in [0.25, 0.3) is 0 Å². The molecule has 4 amide bonds. The minimum Gasteiger partial charge on any atom is -0.480 e. The van der Waals surface area contributed by atoms with E-state index in [9.17, 15) is 29.1 Å². The summed E-state index contributed by atoms with van der Waals surface area (Å²) in [6.45, 7) is 3.74. The number of nitrogens with two attached hydrogens (primary N) is 2. The van der Waals surface area contributed by atoms with Crippen molar-refractivity contribution in [3.8, 4) is 0 Å². The first-order valence-corrected chi connectivity index (χ1v) is 13.2. The number of primary amides is 1. The van der Waals surface area contributed by atoms with Crippen LogP contribution in [0.2, 0.25) is 0 Å². The monoisotopic (exact) mass is 553 g/mol. The van der Waals surface area contributed by atoms with Crippen LogP contribution in [-0.2, 0) is 36.8 Å². The summed E-state index contributed by atoms with van der Waals surface area (Å²) in [5.41, 5.74) is 12.9. The van der Waals surface area contributed by atoms with Gasteiger partial charge in [-0.2, -0.15) is 0 Å². The highest BCUT2D eigenvalue weighted by atomic mass is 16.4. The Hall–Kier alpha value is -4.25. The molecule has 40 heavy (non-hydrogen) atoms. The molecule has 2 rings (SSSR count). The number of hydrogen-bond donors (Lipinski definition) is 6.